The topological polar surface area (TPSA) is 38.5 Å². The van der Waals surface area contributed by atoms with Gasteiger partial charge < -0.3 is 15.4 Å². The van der Waals surface area contributed by atoms with Crippen molar-refractivity contribution in [2.24, 2.45) is 5.73 Å². The van der Waals surface area contributed by atoms with Crippen molar-refractivity contribution >= 4 is 34.5 Å². The number of hydrogen-bond acceptors (Lipinski definition) is 3. The number of benzene rings is 1. The molecule has 0 atom stereocenters. The minimum absolute atomic E-state index is 0.339. The minimum atomic E-state index is 0.339. The van der Waals surface area contributed by atoms with E-state index in [0.717, 1.165) is 43.8 Å². The highest BCUT2D eigenvalue weighted by Crippen LogP contribution is 2.26. The van der Waals surface area contributed by atoms with E-state index < -0.39 is 0 Å². The van der Waals surface area contributed by atoms with Gasteiger partial charge in [-0.15, -0.1) is 0 Å². The SMILES string of the molecule is CCOC1CCN(c2ccc(C(N)=S)c(Cl)c2)CC1. The van der Waals surface area contributed by atoms with E-state index in [1.807, 2.05) is 25.1 Å². The number of halogens is 1. The molecule has 2 N–H and O–H groups in total. The lowest BCUT2D eigenvalue weighted by Crippen LogP contribution is -2.37. The summed E-state index contributed by atoms with van der Waals surface area (Å²) in [5.41, 5.74) is 7.48. The molecule has 0 radical (unpaired) electrons. The van der Waals surface area contributed by atoms with Crippen LogP contribution in [0.5, 0.6) is 0 Å². The van der Waals surface area contributed by atoms with Gasteiger partial charge in [0, 0.05) is 30.9 Å². The summed E-state index contributed by atoms with van der Waals surface area (Å²) in [7, 11) is 0. The summed E-state index contributed by atoms with van der Waals surface area (Å²) in [5, 5.41) is 0.622. The van der Waals surface area contributed by atoms with E-state index in [2.05, 4.69) is 4.90 Å². The van der Waals surface area contributed by atoms with E-state index in [1.54, 1.807) is 0 Å². The van der Waals surface area contributed by atoms with Crippen LogP contribution in [0.3, 0.4) is 0 Å². The lowest BCUT2D eigenvalue weighted by molar-refractivity contribution is 0.0459. The molecule has 0 saturated carbocycles. The maximum absolute atomic E-state index is 6.20. The Hall–Kier alpha value is -0.840. The first-order valence-corrected chi connectivity index (χ1v) is 7.36. The molecule has 1 aliphatic heterocycles. The van der Waals surface area contributed by atoms with E-state index in [-0.39, 0.29) is 0 Å². The molecule has 1 heterocycles. The molecule has 104 valence electrons. The zero-order valence-corrected chi connectivity index (χ0v) is 12.6. The van der Waals surface area contributed by atoms with Gasteiger partial charge in [0.25, 0.3) is 0 Å². The highest BCUT2D eigenvalue weighted by molar-refractivity contribution is 7.80. The zero-order chi connectivity index (χ0) is 13.8. The minimum Gasteiger partial charge on any atom is -0.389 e. The number of nitrogens with zero attached hydrogens (tertiary/aromatic N) is 1. The van der Waals surface area contributed by atoms with Gasteiger partial charge in [0.2, 0.25) is 0 Å². The van der Waals surface area contributed by atoms with Gasteiger partial charge >= 0.3 is 0 Å². The molecule has 0 spiro atoms. The summed E-state index contributed by atoms with van der Waals surface area (Å²) in [4.78, 5) is 2.66. The maximum Gasteiger partial charge on any atom is 0.105 e. The molecule has 1 saturated heterocycles. The Kier molecular flexibility index (Phi) is 5.02. The molecule has 1 aliphatic rings. The molecule has 0 bridgehead atoms. The van der Waals surface area contributed by atoms with Crippen LogP contribution < -0.4 is 10.6 Å². The molecular weight excluding hydrogens is 280 g/mol. The smallest absolute Gasteiger partial charge is 0.105 e. The van der Waals surface area contributed by atoms with Gasteiger partial charge in [0.05, 0.1) is 11.1 Å². The largest absolute Gasteiger partial charge is 0.389 e. The van der Waals surface area contributed by atoms with E-state index in [9.17, 15) is 0 Å². The molecule has 1 fully saturated rings. The fraction of sp³-hybridized carbons (Fsp3) is 0.500. The van der Waals surface area contributed by atoms with Crippen LogP contribution in [0.2, 0.25) is 5.02 Å². The second-order valence-electron chi connectivity index (χ2n) is 4.67. The Morgan fingerprint density at radius 3 is 2.68 bits per heavy atom. The van der Waals surface area contributed by atoms with Crippen molar-refractivity contribution < 1.29 is 4.74 Å². The third-order valence-corrected chi connectivity index (χ3v) is 3.96. The summed E-state index contributed by atoms with van der Waals surface area (Å²) < 4.78 is 5.65. The van der Waals surface area contributed by atoms with Crippen molar-refractivity contribution in [2.75, 3.05) is 24.6 Å². The van der Waals surface area contributed by atoms with Gasteiger partial charge in [0.1, 0.15) is 4.99 Å². The van der Waals surface area contributed by atoms with Crippen LogP contribution in [-0.4, -0.2) is 30.8 Å². The van der Waals surface area contributed by atoms with Gasteiger partial charge in [-0.3, -0.25) is 0 Å². The number of nitrogens with two attached hydrogens (primary N) is 1. The predicted octanol–water partition coefficient (Wildman–Crippen LogP) is 2.98. The Labute approximate surface area is 124 Å². The predicted molar refractivity (Wildman–Crippen MR) is 84.2 cm³/mol. The highest BCUT2D eigenvalue weighted by atomic mass is 35.5. The molecular formula is C14H19ClN2OS. The van der Waals surface area contributed by atoms with Crippen LogP contribution in [0.1, 0.15) is 25.3 Å². The average molecular weight is 299 g/mol. The summed E-state index contributed by atoms with van der Waals surface area (Å²) in [5.74, 6) is 0. The van der Waals surface area contributed by atoms with Crippen LogP contribution in [0.15, 0.2) is 18.2 Å². The lowest BCUT2D eigenvalue weighted by Gasteiger charge is -2.33. The molecule has 0 amide bonds. The maximum atomic E-state index is 6.20. The number of piperidine rings is 1. The molecule has 1 aromatic rings. The van der Waals surface area contributed by atoms with Crippen molar-refractivity contribution in [1.29, 1.82) is 0 Å². The summed E-state index contributed by atoms with van der Waals surface area (Å²) in [6.07, 6.45) is 2.51. The molecule has 0 aromatic heterocycles. The molecule has 1 aromatic carbocycles. The highest BCUT2D eigenvalue weighted by Gasteiger charge is 2.20. The number of anilines is 1. The molecule has 3 nitrogen and oxygen atoms in total. The van der Waals surface area contributed by atoms with Gasteiger partial charge in [-0.25, -0.2) is 0 Å². The van der Waals surface area contributed by atoms with E-state index in [0.29, 0.717) is 16.1 Å². The van der Waals surface area contributed by atoms with Gasteiger partial charge in [0.15, 0.2) is 0 Å². The standard InChI is InChI=1S/C14H19ClN2OS/c1-2-18-11-5-7-17(8-6-11)10-3-4-12(14(16)19)13(15)9-10/h3-4,9,11H,2,5-8H2,1H3,(H2,16,19). The number of thiocarbonyl (C=S) groups is 1. The fourth-order valence-electron chi connectivity index (χ4n) is 2.42. The van der Waals surface area contributed by atoms with Crippen LogP contribution in [0.25, 0.3) is 0 Å². The van der Waals surface area contributed by atoms with Gasteiger partial charge in [-0.05, 0) is 38.0 Å². The average Bonchev–Trinajstić information content (AvgIpc) is 2.39. The Morgan fingerprint density at radius 2 is 2.16 bits per heavy atom. The molecule has 19 heavy (non-hydrogen) atoms. The second-order valence-corrected chi connectivity index (χ2v) is 5.52. The Balaban J connectivity index is 2.04. The number of hydrogen-bond donors (Lipinski definition) is 1. The number of ether oxygens (including phenoxy) is 1. The van der Waals surface area contributed by atoms with Crippen LogP contribution in [0.4, 0.5) is 5.69 Å². The normalized spacial score (nSPS) is 16.6. The van der Waals surface area contributed by atoms with Crippen molar-refractivity contribution in [3.63, 3.8) is 0 Å². The molecule has 2 rings (SSSR count). The van der Waals surface area contributed by atoms with E-state index in [4.69, 9.17) is 34.3 Å². The Bertz CT molecular complexity index is 459. The third kappa shape index (κ3) is 3.59. The van der Waals surface area contributed by atoms with Gasteiger partial charge in [-0.2, -0.15) is 0 Å². The van der Waals surface area contributed by atoms with Crippen LogP contribution in [-0.2, 0) is 4.74 Å². The first-order valence-electron chi connectivity index (χ1n) is 6.57. The first-order chi connectivity index (χ1) is 9.11. The summed E-state index contributed by atoms with van der Waals surface area (Å²) in [6.45, 7) is 4.82. The quantitative estimate of drug-likeness (QED) is 0.867. The number of rotatable bonds is 4. The lowest BCUT2D eigenvalue weighted by atomic mass is 10.1. The second kappa shape index (κ2) is 6.55. The summed E-state index contributed by atoms with van der Waals surface area (Å²) >= 11 is 11.2. The van der Waals surface area contributed by atoms with Crippen molar-refractivity contribution in [3.05, 3.63) is 28.8 Å². The molecule has 0 unspecified atom stereocenters. The van der Waals surface area contributed by atoms with Crippen molar-refractivity contribution in [2.45, 2.75) is 25.9 Å². The Morgan fingerprint density at radius 1 is 1.47 bits per heavy atom. The monoisotopic (exact) mass is 298 g/mol. The third-order valence-electron chi connectivity index (χ3n) is 3.43. The summed E-state index contributed by atoms with van der Waals surface area (Å²) in [6, 6.07) is 5.87. The van der Waals surface area contributed by atoms with Crippen molar-refractivity contribution in [1.82, 2.24) is 0 Å². The van der Waals surface area contributed by atoms with Crippen LogP contribution >= 0.6 is 23.8 Å². The zero-order valence-electron chi connectivity index (χ0n) is 11.1. The first kappa shape index (κ1) is 14.6. The van der Waals surface area contributed by atoms with E-state index >= 15 is 0 Å². The fourth-order valence-corrected chi connectivity index (χ4v) is 2.93. The van der Waals surface area contributed by atoms with Crippen molar-refractivity contribution in [3.8, 4) is 0 Å². The van der Waals surface area contributed by atoms with Crippen LogP contribution in [0, 0.1) is 0 Å². The van der Waals surface area contributed by atoms with E-state index in [1.165, 1.54) is 0 Å². The molecule has 0 aliphatic carbocycles. The molecule has 5 heteroatoms. The van der Waals surface area contributed by atoms with Gasteiger partial charge in [-0.1, -0.05) is 23.8 Å².